The lowest BCUT2D eigenvalue weighted by Crippen LogP contribution is -2.67. The number of hydrogen-bond acceptors (Lipinski definition) is 7. The van der Waals surface area contributed by atoms with E-state index in [4.69, 9.17) is 19.6 Å². The molecule has 9 nitrogen and oxygen atoms in total. The first-order valence-corrected chi connectivity index (χ1v) is 15.0. The Labute approximate surface area is 229 Å². The Morgan fingerprint density at radius 3 is 2.18 bits per heavy atom. The molecule has 4 rings (SSSR count). The Balaban J connectivity index is 1.66. The van der Waals surface area contributed by atoms with E-state index in [9.17, 15) is 14.4 Å². The second-order valence-electron chi connectivity index (χ2n) is 11.1. The molecule has 0 spiro atoms. The summed E-state index contributed by atoms with van der Waals surface area (Å²) in [6.07, 6.45) is -0.520. The summed E-state index contributed by atoms with van der Waals surface area (Å²) in [7, 11) is -2.86. The topological polar surface area (TPSA) is 126 Å². The van der Waals surface area contributed by atoms with Gasteiger partial charge in [-0.2, -0.15) is 0 Å². The minimum Gasteiger partial charge on any atom is -0.460 e. The van der Waals surface area contributed by atoms with Crippen molar-refractivity contribution >= 4 is 24.7 Å². The molecule has 0 amide bonds. The number of aryl methyl sites for hydroxylation is 1. The SMILES string of the molecule is CC(=O)O[C@H]1C[C@H](n2cc(C)c(=O)[nH]c2=O)O[C@@H]1[C@H](N)CO[Si](c1ccccc1)(c1ccccc1)C(C)(C)C. The number of carbonyl (C=O) groups is 1. The van der Waals surface area contributed by atoms with E-state index in [0.29, 0.717) is 5.56 Å². The molecule has 39 heavy (non-hydrogen) atoms. The fraction of sp³-hybridized carbons (Fsp3) is 0.414. The summed E-state index contributed by atoms with van der Waals surface area (Å²) >= 11 is 0. The molecule has 1 aromatic heterocycles. The van der Waals surface area contributed by atoms with Crippen molar-refractivity contribution in [3.05, 3.63) is 93.3 Å². The standard InChI is InChI=1S/C29H37N3O6Si/c1-19-17-32(28(35)31-27(19)34)25-16-24(37-20(2)33)26(38-25)23(30)18-36-39(29(3,4)5,21-12-8-6-9-13-21)22-14-10-7-11-15-22/h6-15,17,23-26H,16,18,30H2,1-5H3,(H,31,34,35)/t23-,24+,25-,26-/m1/s1. The molecular weight excluding hydrogens is 514 g/mol. The summed E-state index contributed by atoms with van der Waals surface area (Å²) in [5.41, 5.74) is 6.02. The molecule has 208 valence electrons. The number of aromatic nitrogens is 2. The van der Waals surface area contributed by atoms with Gasteiger partial charge in [-0.25, -0.2) is 4.79 Å². The summed E-state index contributed by atoms with van der Waals surface area (Å²) in [5.74, 6) is -0.473. The molecule has 1 saturated heterocycles. The van der Waals surface area contributed by atoms with Crippen molar-refractivity contribution in [3.63, 3.8) is 0 Å². The van der Waals surface area contributed by atoms with Gasteiger partial charge >= 0.3 is 11.7 Å². The van der Waals surface area contributed by atoms with Crippen LogP contribution in [0.3, 0.4) is 0 Å². The van der Waals surface area contributed by atoms with Gasteiger partial charge in [0.25, 0.3) is 13.9 Å². The fourth-order valence-electron chi connectivity index (χ4n) is 5.42. The van der Waals surface area contributed by atoms with E-state index in [1.54, 1.807) is 6.92 Å². The number of hydrogen-bond donors (Lipinski definition) is 2. The number of nitrogens with zero attached hydrogens (tertiary/aromatic N) is 1. The summed E-state index contributed by atoms with van der Waals surface area (Å²) in [5, 5.41) is 1.99. The zero-order chi connectivity index (χ0) is 28.4. The van der Waals surface area contributed by atoms with Crippen LogP contribution in [0.5, 0.6) is 0 Å². The van der Waals surface area contributed by atoms with Gasteiger partial charge in [-0.15, -0.1) is 0 Å². The maximum absolute atomic E-state index is 12.5. The zero-order valence-electron chi connectivity index (χ0n) is 23.0. The maximum atomic E-state index is 12.5. The van der Waals surface area contributed by atoms with Gasteiger partial charge in [-0.05, 0) is 22.3 Å². The van der Waals surface area contributed by atoms with E-state index in [0.717, 1.165) is 10.4 Å². The highest BCUT2D eigenvalue weighted by molar-refractivity contribution is 6.99. The number of rotatable bonds is 8. The summed E-state index contributed by atoms with van der Waals surface area (Å²) in [6, 6.07) is 19.8. The first kappa shape index (κ1) is 28.7. The molecule has 1 aliphatic rings. The number of H-pyrrole nitrogens is 1. The van der Waals surface area contributed by atoms with E-state index in [-0.39, 0.29) is 18.1 Å². The van der Waals surface area contributed by atoms with E-state index in [1.165, 1.54) is 17.7 Å². The van der Waals surface area contributed by atoms with Crippen molar-refractivity contribution < 1.29 is 18.7 Å². The Hall–Kier alpha value is -3.31. The van der Waals surface area contributed by atoms with Gasteiger partial charge in [0, 0.05) is 25.1 Å². The van der Waals surface area contributed by atoms with Crippen molar-refractivity contribution in [1.82, 2.24) is 9.55 Å². The molecule has 4 atom stereocenters. The molecule has 0 unspecified atom stereocenters. The van der Waals surface area contributed by atoms with Crippen LogP contribution >= 0.6 is 0 Å². The van der Waals surface area contributed by atoms with Crippen LogP contribution in [0.2, 0.25) is 5.04 Å². The molecular formula is C29H37N3O6Si. The average molecular weight is 552 g/mol. The molecule has 0 bridgehead atoms. The molecule has 0 radical (unpaired) electrons. The van der Waals surface area contributed by atoms with Crippen LogP contribution in [0, 0.1) is 6.92 Å². The van der Waals surface area contributed by atoms with Gasteiger partial charge in [0.15, 0.2) is 0 Å². The molecule has 10 heteroatoms. The minimum absolute atomic E-state index is 0.141. The molecule has 1 aliphatic heterocycles. The van der Waals surface area contributed by atoms with E-state index < -0.39 is 50.0 Å². The van der Waals surface area contributed by atoms with Crippen molar-refractivity contribution in [2.24, 2.45) is 5.73 Å². The van der Waals surface area contributed by atoms with Gasteiger partial charge in [-0.1, -0.05) is 81.4 Å². The maximum Gasteiger partial charge on any atom is 0.330 e. The third kappa shape index (κ3) is 5.84. The molecule has 0 saturated carbocycles. The van der Waals surface area contributed by atoms with Crippen LogP contribution in [-0.2, 0) is 18.7 Å². The first-order chi connectivity index (χ1) is 18.4. The van der Waals surface area contributed by atoms with Crippen LogP contribution < -0.4 is 27.4 Å². The number of nitrogens with two attached hydrogens (primary N) is 1. The minimum atomic E-state index is -2.86. The Morgan fingerprint density at radius 2 is 1.67 bits per heavy atom. The van der Waals surface area contributed by atoms with Crippen LogP contribution in [0.1, 0.15) is 45.9 Å². The average Bonchev–Trinajstić information content (AvgIpc) is 3.29. The van der Waals surface area contributed by atoms with Gasteiger partial charge in [0.1, 0.15) is 18.4 Å². The number of esters is 1. The Bertz CT molecular complexity index is 1360. The lowest BCUT2D eigenvalue weighted by molar-refractivity contribution is -0.150. The van der Waals surface area contributed by atoms with Crippen LogP contribution in [-0.4, -0.2) is 48.7 Å². The van der Waals surface area contributed by atoms with E-state index >= 15 is 0 Å². The van der Waals surface area contributed by atoms with E-state index in [1.807, 2.05) is 36.4 Å². The van der Waals surface area contributed by atoms with Gasteiger partial charge < -0.3 is 19.6 Å². The molecule has 2 heterocycles. The van der Waals surface area contributed by atoms with Crippen molar-refractivity contribution in [2.75, 3.05) is 6.61 Å². The summed E-state index contributed by atoms with van der Waals surface area (Å²) < 4.78 is 20.1. The highest BCUT2D eigenvalue weighted by Gasteiger charge is 2.51. The second kappa shape index (κ2) is 11.4. The van der Waals surface area contributed by atoms with E-state index in [2.05, 4.69) is 50.0 Å². The molecule has 3 N–H and O–H groups in total. The Kier molecular flexibility index (Phi) is 8.41. The Morgan fingerprint density at radius 1 is 1.10 bits per heavy atom. The number of nitrogens with one attached hydrogen (secondary N) is 1. The molecule has 0 aliphatic carbocycles. The number of benzene rings is 2. The first-order valence-electron chi connectivity index (χ1n) is 13.1. The molecule has 1 fully saturated rings. The van der Waals surface area contributed by atoms with Crippen molar-refractivity contribution in [3.8, 4) is 0 Å². The van der Waals surface area contributed by atoms with Gasteiger partial charge in [0.05, 0.1) is 12.6 Å². The third-order valence-electron chi connectivity index (χ3n) is 7.22. The quantitative estimate of drug-likeness (QED) is 0.324. The largest absolute Gasteiger partial charge is 0.460 e. The number of carbonyl (C=O) groups excluding carboxylic acids is 1. The van der Waals surface area contributed by atoms with Crippen LogP contribution in [0.25, 0.3) is 0 Å². The molecule has 3 aromatic rings. The van der Waals surface area contributed by atoms with Crippen LogP contribution in [0.15, 0.2) is 76.4 Å². The highest BCUT2D eigenvalue weighted by atomic mass is 28.4. The van der Waals surface area contributed by atoms with Crippen molar-refractivity contribution in [2.45, 2.75) is 70.6 Å². The summed E-state index contributed by atoms with van der Waals surface area (Å²) in [6.45, 7) is 9.61. The third-order valence-corrected chi connectivity index (χ3v) is 12.2. The fourth-order valence-corrected chi connectivity index (χ4v) is 10.0. The zero-order valence-corrected chi connectivity index (χ0v) is 24.0. The monoisotopic (exact) mass is 551 g/mol. The highest BCUT2D eigenvalue weighted by Crippen LogP contribution is 2.37. The van der Waals surface area contributed by atoms with Gasteiger partial charge in [-0.3, -0.25) is 19.1 Å². The number of aromatic amines is 1. The smallest absolute Gasteiger partial charge is 0.330 e. The normalized spacial score (nSPS) is 20.5. The predicted molar refractivity (Wildman–Crippen MR) is 152 cm³/mol. The number of ether oxygens (including phenoxy) is 2. The van der Waals surface area contributed by atoms with Crippen LogP contribution in [0.4, 0.5) is 0 Å². The second-order valence-corrected chi connectivity index (χ2v) is 15.4. The lowest BCUT2D eigenvalue weighted by atomic mass is 10.1. The lowest BCUT2D eigenvalue weighted by Gasteiger charge is -2.44. The predicted octanol–water partition coefficient (Wildman–Crippen LogP) is 1.97. The van der Waals surface area contributed by atoms with Crippen molar-refractivity contribution in [1.29, 1.82) is 0 Å². The van der Waals surface area contributed by atoms with Gasteiger partial charge in [0.2, 0.25) is 0 Å². The molecule has 2 aromatic carbocycles. The summed E-state index contributed by atoms with van der Waals surface area (Å²) in [4.78, 5) is 38.6.